The van der Waals surface area contributed by atoms with E-state index in [0.717, 1.165) is 0 Å². The molecule has 8 heavy (non-hydrogen) atoms. The molecule has 38 valence electrons. The van der Waals surface area contributed by atoms with Gasteiger partial charge in [-0.1, -0.05) is 5.72 Å². The lowest BCUT2D eigenvalue weighted by Gasteiger charge is -2.19. The molecule has 0 rings (SSSR count). The fraction of sp³-hybridized carbons (Fsp3) is 0.800. The first-order chi connectivity index (χ1) is 3.50. The zero-order valence-corrected chi connectivity index (χ0v) is 5.18. The van der Waals surface area contributed by atoms with Gasteiger partial charge in [0.15, 0.2) is 0 Å². The first-order valence-corrected chi connectivity index (χ1v) is 2.43. The highest BCUT2D eigenvalue weighted by atomic mass is 14.3. The minimum Gasteiger partial charge on any atom is -0.198 e. The summed E-state index contributed by atoms with van der Waals surface area (Å²) >= 11 is 0. The fourth-order valence-corrected chi connectivity index (χ4v) is 0.0745. The van der Waals surface area contributed by atoms with Crippen LogP contribution >= 0.6 is 0 Å². The lowest BCUT2D eigenvalue weighted by atomic mass is 9.57. The Balaban J connectivity index is 3.97. The summed E-state index contributed by atoms with van der Waals surface area (Å²) in [4.78, 5) is 0. The predicted molar refractivity (Wildman–Crippen MR) is 34.7 cm³/mol. The standard InChI is InChI=1S/C5H7B2N/c1-5(2,3-8)4(6)7/h4H,1-2H3. The molecule has 1 nitrogen and oxygen atoms in total. The van der Waals surface area contributed by atoms with Crippen LogP contribution in [0.2, 0.25) is 5.72 Å². The molecule has 4 radical (unpaired) electrons. The largest absolute Gasteiger partial charge is 0.198 e. The van der Waals surface area contributed by atoms with Crippen LogP contribution in [0, 0.1) is 16.7 Å². The third-order valence-corrected chi connectivity index (χ3v) is 1.12. The van der Waals surface area contributed by atoms with Gasteiger partial charge in [-0.2, -0.15) is 5.26 Å². The van der Waals surface area contributed by atoms with E-state index in [-0.39, 0.29) is 0 Å². The fourth-order valence-electron chi connectivity index (χ4n) is 0.0745. The number of hydrogen-bond acceptors (Lipinski definition) is 1. The Hall–Kier alpha value is -0.380. The molecule has 0 aliphatic rings. The van der Waals surface area contributed by atoms with Gasteiger partial charge in [-0.25, -0.2) is 0 Å². The topological polar surface area (TPSA) is 23.8 Å². The van der Waals surface area contributed by atoms with Gasteiger partial charge < -0.3 is 0 Å². The molecule has 0 aliphatic carbocycles. The van der Waals surface area contributed by atoms with Crippen LogP contribution in [-0.4, -0.2) is 15.7 Å². The molecule has 0 saturated heterocycles. The highest BCUT2D eigenvalue weighted by molar-refractivity contribution is 6.36. The van der Waals surface area contributed by atoms with Crippen molar-refractivity contribution in [3.63, 3.8) is 0 Å². The Morgan fingerprint density at radius 2 is 1.88 bits per heavy atom. The van der Waals surface area contributed by atoms with Crippen LogP contribution in [-0.2, 0) is 0 Å². The van der Waals surface area contributed by atoms with Crippen LogP contribution in [0.15, 0.2) is 0 Å². The Morgan fingerprint density at radius 3 is 1.88 bits per heavy atom. The summed E-state index contributed by atoms with van der Waals surface area (Å²) in [5, 5.41) is 8.35. The van der Waals surface area contributed by atoms with Crippen LogP contribution in [0.4, 0.5) is 0 Å². The van der Waals surface area contributed by atoms with E-state index in [4.69, 9.17) is 21.0 Å². The number of hydrogen-bond donors (Lipinski definition) is 0. The summed E-state index contributed by atoms with van der Waals surface area (Å²) in [6.45, 7) is 3.41. The molecule has 0 atom stereocenters. The molecule has 0 aromatic rings. The Kier molecular flexibility index (Phi) is 2.15. The molecule has 0 fully saturated rings. The molecule has 0 aliphatic heterocycles. The van der Waals surface area contributed by atoms with Gasteiger partial charge in [-0.15, -0.1) is 0 Å². The maximum atomic E-state index is 8.35. The van der Waals surface area contributed by atoms with Gasteiger partial charge in [-0.3, -0.25) is 0 Å². The van der Waals surface area contributed by atoms with Crippen molar-refractivity contribution in [3.05, 3.63) is 0 Å². The van der Waals surface area contributed by atoms with E-state index in [1.54, 1.807) is 13.8 Å². The van der Waals surface area contributed by atoms with Crippen LogP contribution in [0.1, 0.15) is 13.8 Å². The molecular formula is C5H7B2N. The monoisotopic (exact) mass is 103 g/mol. The van der Waals surface area contributed by atoms with Gasteiger partial charge in [0.05, 0.1) is 21.8 Å². The molecule has 0 aromatic carbocycles. The second-order valence-electron chi connectivity index (χ2n) is 2.36. The molecule has 0 saturated carbocycles. The van der Waals surface area contributed by atoms with Gasteiger partial charge >= 0.3 is 0 Å². The maximum absolute atomic E-state index is 8.35. The molecule has 0 spiro atoms. The van der Waals surface area contributed by atoms with Crippen molar-refractivity contribution in [2.45, 2.75) is 19.6 Å². The molecular weight excluding hydrogens is 95.7 g/mol. The van der Waals surface area contributed by atoms with E-state index in [2.05, 4.69) is 0 Å². The van der Waals surface area contributed by atoms with Crippen LogP contribution in [0.5, 0.6) is 0 Å². The quantitative estimate of drug-likeness (QED) is 0.446. The number of nitrogens with zero attached hydrogens (tertiary/aromatic N) is 1. The van der Waals surface area contributed by atoms with E-state index < -0.39 is 11.1 Å². The Labute approximate surface area is 52.9 Å². The second kappa shape index (κ2) is 2.26. The zero-order chi connectivity index (χ0) is 6.78. The Morgan fingerprint density at radius 1 is 1.50 bits per heavy atom. The molecule has 3 heteroatoms. The average Bonchev–Trinajstić information content (AvgIpc) is 1.67. The summed E-state index contributed by atoms with van der Waals surface area (Å²) in [5.74, 6) is 0. The first-order valence-electron chi connectivity index (χ1n) is 2.43. The van der Waals surface area contributed by atoms with Crippen LogP contribution in [0.3, 0.4) is 0 Å². The van der Waals surface area contributed by atoms with Crippen molar-refractivity contribution in [2.75, 3.05) is 0 Å². The van der Waals surface area contributed by atoms with Gasteiger partial charge in [0, 0.05) is 5.41 Å². The van der Waals surface area contributed by atoms with Crippen molar-refractivity contribution >= 4 is 15.7 Å². The van der Waals surface area contributed by atoms with Crippen molar-refractivity contribution in [2.24, 2.45) is 5.41 Å². The maximum Gasteiger partial charge on any atom is 0.0671 e. The third kappa shape index (κ3) is 1.61. The summed E-state index contributed by atoms with van der Waals surface area (Å²) in [5.41, 5.74) is -1.15. The predicted octanol–water partition coefficient (Wildman–Crippen LogP) is 0.619. The summed E-state index contributed by atoms with van der Waals surface area (Å²) in [7, 11) is 10.5. The summed E-state index contributed by atoms with van der Waals surface area (Å²) in [6.07, 6.45) is 0. The molecule has 0 bridgehead atoms. The third-order valence-electron chi connectivity index (χ3n) is 1.12. The minimum absolute atomic E-state index is 0.549. The van der Waals surface area contributed by atoms with Crippen molar-refractivity contribution in [1.29, 1.82) is 5.26 Å². The average molecular weight is 103 g/mol. The highest BCUT2D eigenvalue weighted by Gasteiger charge is 2.19. The van der Waals surface area contributed by atoms with E-state index in [9.17, 15) is 0 Å². The van der Waals surface area contributed by atoms with Crippen molar-refractivity contribution in [1.82, 2.24) is 0 Å². The van der Waals surface area contributed by atoms with Gasteiger partial charge in [0.1, 0.15) is 0 Å². The highest BCUT2D eigenvalue weighted by Crippen LogP contribution is 2.24. The normalized spacial score (nSPS) is 11.2. The lowest BCUT2D eigenvalue weighted by Crippen LogP contribution is -2.16. The van der Waals surface area contributed by atoms with Gasteiger partial charge in [0.2, 0.25) is 0 Å². The van der Waals surface area contributed by atoms with E-state index in [1.165, 1.54) is 0 Å². The Bertz CT molecular complexity index is 112. The first kappa shape index (κ1) is 7.62. The van der Waals surface area contributed by atoms with E-state index in [1.807, 2.05) is 6.07 Å². The van der Waals surface area contributed by atoms with E-state index >= 15 is 0 Å². The van der Waals surface area contributed by atoms with Gasteiger partial charge in [-0.05, 0) is 13.8 Å². The van der Waals surface area contributed by atoms with Gasteiger partial charge in [0.25, 0.3) is 0 Å². The van der Waals surface area contributed by atoms with Crippen molar-refractivity contribution < 1.29 is 0 Å². The molecule has 0 amide bonds. The number of nitriles is 1. The SMILES string of the molecule is [B]C([B])C(C)(C)C#N. The molecule has 0 aromatic heterocycles. The molecule has 0 N–H and O–H groups in total. The summed E-state index contributed by atoms with van der Waals surface area (Å²) in [6, 6.07) is 1.99. The number of rotatable bonds is 1. The zero-order valence-electron chi connectivity index (χ0n) is 5.18. The second-order valence-corrected chi connectivity index (χ2v) is 2.36. The minimum atomic E-state index is -0.597. The lowest BCUT2D eigenvalue weighted by molar-refractivity contribution is 0.533. The van der Waals surface area contributed by atoms with Crippen LogP contribution in [0.25, 0.3) is 0 Å². The summed E-state index contributed by atoms with van der Waals surface area (Å²) < 4.78 is 0. The van der Waals surface area contributed by atoms with Crippen molar-refractivity contribution in [3.8, 4) is 6.07 Å². The smallest absolute Gasteiger partial charge is 0.0671 e. The molecule has 0 unspecified atom stereocenters. The molecule has 0 heterocycles. The van der Waals surface area contributed by atoms with E-state index in [0.29, 0.717) is 0 Å². The van der Waals surface area contributed by atoms with Crippen LogP contribution < -0.4 is 0 Å².